The summed E-state index contributed by atoms with van der Waals surface area (Å²) in [5.41, 5.74) is 0.557. The molecule has 0 saturated carbocycles. The van der Waals surface area contributed by atoms with Gasteiger partial charge in [-0.05, 0) is 43.8 Å². The second-order valence-corrected chi connectivity index (χ2v) is 6.99. The molecule has 0 aromatic carbocycles. The van der Waals surface area contributed by atoms with E-state index in [1.807, 2.05) is 19.1 Å². The summed E-state index contributed by atoms with van der Waals surface area (Å²) in [5.74, 6) is 1.81. The van der Waals surface area contributed by atoms with E-state index in [9.17, 15) is 9.59 Å². The Morgan fingerprint density at radius 3 is 2.96 bits per heavy atom. The summed E-state index contributed by atoms with van der Waals surface area (Å²) in [6.07, 6.45) is 4.15. The van der Waals surface area contributed by atoms with E-state index in [2.05, 4.69) is 10.3 Å². The van der Waals surface area contributed by atoms with Gasteiger partial charge in [-0.15, -0.1) is 0 Å². The smallest absolute Gasteiger partial charge is 0.241 e. The number of rotatable bonds is 6. The van der Waals surface area contributed by atoms with Crippen LogP contribution in [0.4, 0.5) is 0 Å². The van der Waals surface area contributed by atoms with Gasteiger partial charge in [-0.2, -0.15) is 0 Å². The van der Waals surface area contributed by atoms with E-state index in [0.29, 0.717) is 42.5 Å². The fourth-order valence-corrected chi connectivity index (χ4v) is 3.48. The van der Waals surface area contributed by atoms with Crippen molar-refractivity contribution in [2.24, 2.45) is 10.9 Å². The molecule has 1 aromatic heterocycles. The van der Waals surface area contributed by atoms with Gasteiger partial charge in [-0.25, -0.2) is 4.99 Å². The third-order valence-electron chi connectivity index (χ3n) is 4.62. The van der Waals surface area contributed by atoms with Crippen molar-refractivity contribution in [2.75, 3.05) is 13.3 Å². The van der Waals surface area contributed by atoms with Crippen LogP contribution in [0.1, 0.15) is 24.4 Å². The summed E-state index contributed by atoms with van der Waals surface area (Å²) in [6.45, 7) is 2.65. The number of thiocarbonyl (C=S) groups is 1. The first-order valence-corrected chi connectivity index (χ1v) is 9.37. The van der Waals surface area contributed by atoms with Gasteiger partial charge in [0.05, 0.1) is 12.3 Å². The van der Waals surface area contributed by atoms with Crippen molar-refractivity contribution in [1.29, 1.82) is 0 Å². The highest BCUT2D eigenvalue weighted by molar-refractivity contribution is 7.80. The predicted octanol–water partition coefficient (Wildman–Crippen LogP) is 1.95. The van der Waals surface area contributed by atoms with Crippen LogP contribution in [0.2, 0.25) is 0 Å². The van der Waals surface area contributed by atoms with E-state index in [-0.39, 0.29) is 30.1 Å². The van der Waals surface area contributed by atoms with E-state index in [0.717, 1.165) is 5.76 Å². The lowest BCUT2D eigenvalue weighted by atomic mass is 9.94. The number of hydrogen-bond acceptors (Lipinski definition) is 6. The Morgan fingerprint density at radius 2 is 2.18 bits per heavy atom. The van der Waals surface area contributed by atoms with E-state index in [1.54, 1.807) is 12.2 Å². The van der Waals surface area contributed by atoms with Crippen LogP contribution in [0.15, 0.2) is 45.2 Å². The predicted molar refractivity (Wildman–Crippen MR) is 103 cm³/mol. The minimum absolute atomic E-state index is 0.113. The number of hydrogen-bond donors (Lipinski definition) is 1. The number of allylic oxidation sites excluding steroid dienone is 1. The van der Waals surface area contributed by atoms with E-state index < -0.39 is 5.92 Å². The number of furan rings is 1. The number of nitrogens with zero attached hydrogens (tertiary/aromatic N) is 2. The highest BCUT2D eigenvalue weighted by Gasteiger charge is 2.38. The molecule has 4 rings (SSSR count). The first-order chi connectivity index (χ1) is 13.5. The molecule has 3 aliphatic rings. The molecule has 1 saturated heterocycles. The van der Waals surface area contributed by atoms with Crippen LogP contribution >= 0.6 is 12.2 Å². The molecular weight excluding hydrogens is 382 g/mol. The third kappa shape index (κ3) is 3.70. The highest BCUT2D eigenvalue weighted by Crippen LogP contribution is 2.31. The number of nitrogens with one attached hydrogen (secondary N) is 1. The molecule has 1 N–H and O–H groups in total. The molecule has 146 valence electrons. The average Bonchev–Trinajstić information content (AvgIpc) is 3.29. The van der Waals surface area contributed by atoms with Crippen molar-refractivity contribution in [2.45, 2.75) is 26.3 Å². The summed E-state index contributed by atoms with van der Waals surface area (Å²) < 4.78 is 16.1. The second-order valence-electron chi connectivity index (χ2n) is 6.63. The van der Waals surface area contributed by atoms with Crippen LogP contribution in [0.5, 0.6) is 0 Å². The van der Waals surface area contributed by atoms with Gasteiger partial charge in [-0.3, -0.25) is 14.5 Å². The standard InChI is InChI=1S/C19H19N3O5S/c1-11-4-5-12(27-11)9-20-17(23)3-2-6-22-18(24)13-7-15-16(26-10-25-15)8-14(13)21-19(22)28/h4-5,7-8,13H,2-3,6,9-10H2,1H3,(H,20,23). The number of carbonyl (C=O) groups excluding carboxylic acids is 2. The topological polar surface area (TPSA) is 93.4 Å². The van der Waals surface area contributed by atoms with Gasteiger partial charge in [-0.1, -0.05) is 0 Å². The zero-order chi connectivity index (χ0) is 19.7. The Hall–Kier alpha value is -2.94. The highest BCUT2D eigenvalue weighted by atomic mass is 32.1. The number of fused-ring (bicyclic) bond motifs is 2. The van der Waals surface area contributed by atoms with Crippen molar-refractivity contribution in [3.63, 3.8) is 0 Å². The molecule has 2 amide bonds. The molecule has 1 unspecified atom stereocenters. The molecule has 1 fully saturated rings. The Kier molecular flexibility index (Phi) is 4.99. The van der Waals surface area contributed by atoms with Gasteiger partial charge in [0.1, 0.15) is 17.4 Å². The van der Waals surface area contributed by atoms with Gasteiger partial charge in [0.2, 0.25) is 23.7 Å². The van der Waals surface area contributed by atoms with Crippen LogP contribution < -0.4 is 5.32 Å². The van der Waals surface area contributed by atoms with E-state index >= 15 is 0 Å². The lowest BCUT2D eigenvalue weighted by Crippen LogP contribution is -2.46. The zero-order valence-electron chi connectivity index (χ0n) is 15.3. The van der Waals surface area contributed by atoms with Gasteiger partial charge in [0.25, 0.3) is 0 Å². The van der Waals surface area contributed by atoms with E-state index in [4.69, 9.17) is 26.1 Å². The van der Waals surface area contributed by atoms with Crippen LogP contribution in [-0.4, -0.2) is 40.9 Å². The lowest BCUT2D eigenvalue weighted by molar-refractivity contribution is -0.129. The average molecular weight is 401 g/mol. The Labute approximate surface area is 166 Å². The molecular formula is C19H19N3O5S. The van der Waals surface area contributed by atoms with Crippen molar-refractivity contribution in [3.8, 4) is 0 Å². The summed E-state index contributed by atoms with van der Waals surface area (Å²) >= 11 is 5.27. The number of ether oxygens (including phenoxy) is 2. The molecule has 3 heterocycles. The summed E-state index contributed by atoms with van der Waals surface area (Å²) in [7, 11) is 0. The normalized spacial score (nSPS) is 20.4. The molecule has 0 spiro atoms. The van der Waals surface area contributed by atoms with Crippen molar-refractivity contribution in [1.82, 2.24) is 10.2 Å². The molecule has 1 aliphatic carbocycles. The molecule has 9 heteroatoms. The molecule has 1 atom stereocenters. The third-order valence-corrected chi connectivity index (χ3v) is 4.93. The molecule has 1 aromatic rings. The largest absolute Gasteiger partial charge is 0.465 e. The number of carbonyl (C=O) groups is 2. The monoisotopic (exact) mass is 401 g/mol. The summed E-state index contributed by atoms with van der Waals surface area (Å²) in [6, 6.07) is 3.67. The van der Waals surface area contributed by atoms with Crippen LogP contribution in [-0.2, 0) is 25.6 Å². The second kappa shape index (κ2) is 7.59. The molecule has 28 heavy (non-hydrogen) atoms. The molecule has 0 radical (unpaired) electrons. The fourth-order valence-electron chi connectivity index (χ4n) is 3.19. The first kappa shape index (κ1) is 18.4. The van der Waals surface area contributed by atoms with Crippen molar-refractivity contribution in [3.05, 3.63) is 47.3 Å². The van der Waals surface area contributed by atoms with Gasteiger partial charge < -0.3 is 19.2 Å². The van der Waals surface area contributed by atoms with Gasteiger partial charge in [0.15, 0.2) is 11.5 Å². The van der Waals surface area contributed by atoms with Crippen molar-refractivity contribution >= 4 is 34.9 Å². The zero-order valence-corrected chi connectivity index (χ0v) is 16.1. The van der Waals surface area contributed by atoms with Gasteiger partial charge >= 0.3 is 0 Å². The van der Waals surface area contributed by atoms with E-state index in [1.165, 1.54) is 4.90 Å². The van der Waals surface area contributed by atoms with Crippen LogP contribution in [0, 0.1) is 12.8 Å². The summed E-state index contributed by atoms with van der Waals surface area (Å²) in [4.78, 5) is 30.6. The maximum Gasteiger partial charge on any atom is 0.241 e. The maximum atomic E-state index is 12.8. The number of aliphatic imine (C=N–C) groups is 1. The lowest BCUT2D eigenvalue weighted by Gasteiger charge is -2.30. The fraction of sp³-hybridized carbons (Fsp3) is 0.368. The summed E-state index contributed by atoms with van der Waals surface area (Å²) in [5, 5.41) is 3.00. The molecule has 8 nitrogen and oxygen atoms in total. The van der Waals surface area contributed by atoms with Crippen LogP contribution in [0.3, 0.4) is 0 Å². The number of amides is 2. The van der Waals surface area contributed by atoms with Crippen molar-refractivity contribution < 1.29 is 23.5 Å². The Bertz CT molecular complexity index is 930. The Balaban J connectivity index is 1.30. The SMILES string of the molecule is Cc1ccc(CNC(=O)CCCN2C(=O)C3C=C4OCOC4=CC3=NC2=S)o1. The quantitative estimate of drug-likeness (QED) is 0.733. The first-order valence-electron chi connectivity index (χ1n) is 8.96. The van der Waals surface area contributed by atoms with Crippen LogP contribution in [0.25, 0.3) is 0 Å². The molecule has 0 bridgehead atoms. The maximum absolute atomic E-state index is 12.8. The number of aryl methyl sites for hydroxylation is 1. The minimum atomic E-state index is -0.539. The minimum Gasteiger partial charge on any atom is -0.465 e. The molecule has 2 aliphatic heterocycles. The van der Waals surface area contributed by atoms with Gasteiger partial charge in [0, 0.05) is 19.0 Å². The Morgan fingerprint density at radius 1 is 1.36 bits per heavy atom.